The van der Waals surface area contributed by atoms with E-state index in [2.05, 4.69) is 20.9 Å². The number of aliphatic hydroxyl groups is 1. The summed E-state index contributed by atoms with van der Waals surface area (Å²) in [5.41, 5.74) is 7.25. The van der Waals surface area contributed by atoms with Crippen LogP contribution in [0.5, 0.6) is 11.6 Å². The van der Waals surface area contributed by atoms with Gasteiger partial charge in [-0.05, 0) is 50.1 Å². The number of hydrogen-bond acceptors (Lipinski definition) is 8. The summed E-state index contributed by atoms with van der Waals surface area (Å²) in [6.45, 7) is 6.02. The topological polar surface area (TPSA) is 118 Å². The van der Waals surface area contributed by atoms with E-state index in [-0.39, 0.29) is 11.9 Å². The van der Waals surface area contributed by atoms with E-state index in [0.29, 0.717) is 65.7 Å². The highest BCUT2D eigenvalue weighted by Crippen LogP contribution is 2.42. The van der Waals surface area contributed by atoms with Gasteiger partial charge in [0.1, 0.15) is 5.75 Å². The van der Waals surface area contributed by atoms with E-state index in [4.69, 9.17) is 37.7 Å². The maximum Gasteiger partial charge on any atom is 0.220 e. The van der Waals surface area contributed by atoms with E-state index < -0.39 is 6.10 Å². The molecule has 1 amide bonds. The first-order chi connectivity index (χ1) is 22.2. The highest BCUT2D eigenvalue weighted by atomic mass is 35.5. The highest BCUT2D eigenvalue weighted by molar-refractivity contribution is 6.39. The van der Waals surface area contributed by atoms with E-state index in [1.54, 1.807) is 27.3 Å². The van der Waals surface area contributed by atoms with Crippen molar-refractivity contribution >= 4 is 29.1 Å². The van der Waals surface area contributed by atoms with Crippen molar-refractivity contribution in [3.8, 4) is 45.3 Å². The van der Waals surface area contributed by atoms with Crippen LogP contribution in [0.1, 0.15) is 36.5 Å². The van der Waals surface area contributed by atoms with Crippen LogP contribution in [0.3, 0.4) is 0 Å². The monoisotopic (exact) mass is 663 g/mol. The van der Waals surface area contributed by atoms with Gasteiger partial charge in [-0.25, -0.2) is 4.98 Å². The average molecular weight is 665 g/mol. The van der Waals surface area contributed by atoms with E-state index in [9.17, 15) is 9.90 Å². The predicted molar refractivity (Wildman–Crippen MR) is 182 cm³/mol. The largest absolute Gasteiger partial charge is 0.496 e. The maximum atomic E-state index is 11.5. The standard InChI is InChI=1S/C35H39Cl2N5O4/c1-20-14-23(15-30(45-3)28(20)19-38-16-21(2)43)34-33(37)26(12-13-40-34)25-6-5-7-27(32(25)36)29-10-8-22(35(42-29)46-4)17-39-18-24-9-11-31(44)41-24/h5-8,10,12-15,21,24,38-39,43H,9,11,16-19H2,1-4H3,(H,41,44)/t21?,24-/m1/s1. The molecule has 0 bridgehead atoms. The zero-order chi connectivity index (χ0) is 32.8. The van der Waals surface area contributed by atoms with Crippen LogP contribution in [0.15, 0.2) is 54.7 Å². The molecule has 4 aromatic rings. The summed E-state index contributed by atoms with van der Waals surface area (Å²) in [4.78, 5) is 20.9. The molecule has 4 N–H and O–H groups in total. The molecule has 1 fully saturated rings. The molecule has 0 saturated carbocycles. The number of amides is 1. The number of rotatable bonds is 13. The molecule has 1 aliphatic heterocycles. The van der Waals surface area contributed by atoms with Crippen LogP contribution in [-0.2, 0) is 17.9 Å². The molecule has 0 radical (unpaired) electrons. The Morgan fingerprint density at radius 2 is 1.80 bits per heavy atom. The summed E-state index contributed by atoms with van der Waals surface area (Å²) in [6, 6.07) is 15.6. The molecule has 11 heteroatoms. The quantitative estimate of drug-likeness (QED) is 0.139. The summed E-state index contributed by atoms with van der Waals surface area (Å²) in [5.74, 6) is 1.31. The Balaban J connectivity index is 1.41. The van der Waals surface area contributed by atoms with Gasteiger partial charge in [-0.15, -0.1) is 0 Å². The van der Waals surface area contributed by atoms with Gasteiger partial charge in [0.15, 0.2) is 0 Å². The zero-order valence-electron chi connectivity index (χ0n) is 26.4. The zero-order valence-corrected chi connectivity index (χ0v) is 27.9. The number of carbonyl (C=O) groups excluding carboxylic acids is 1. The van der Waals surface area contributed by atoms with Crippen LogP contribution in [0.2, 0.25) is 10.0 Å². The van der Waals surface area contributed by atoms with Crippen molar-refractivity contribution in [1.82, 2.24) is 25.9 Å². The average Bonchev–Trinajstić information content (AvgIpc) is 3.46. The Labute approximate surface area is 279 Å². The molecule has 9 nitrogen and oxygen atoms in total. The number of nitrogens with one attached hydrogen (secondary N) is 3. The molecular formula is C35H39Cl2N5O4. The van der Waals surface area contributed by atoms with Gasteiger partial charge in [0, 0.05) is 78.2 Å². The summed E-state index contributed by atoms with van der Waals surface area (Å²) >= 11 is 14.1. The fraction of sp³-hybridized carbons (Fsp3) is 0.343. The number of hydrogen-bond donors (Lipinski definition) is 4. The third-order valence-electron chi connectivity index (χ3n) is 8.04. The summed E-state index contributed by atoms with van der Waals surface area (Å²) < 4.78 is 11.4. The van der Waals surface area contributed by atoms with Gasteiger partial charge in [0.05, 0.1) is 41.8 Å². The second-order valence-electron chi connectivity index (χ2n) is 11.4. The molecular weight excluding hydrogens is 625 g/mol. The molecule has 1 saturated heterocycles. The number of aryl methyl sites for hydroxylation is 1. The van der Waals surface area contributed by atoms with E-state index in [1.807, 2.05) is 55.5 Å². The Morgan fingerprint density at radius 1 is 1.02 bits per heavy atom. The minimum Gasteiger partial charge on any atom is -0.496 e. The molecule has 1 unspecified atom stereocenters. The van der Waals surface area contributed by atoms with Crippen LogP contribution < -0.4 is 25.4 Å². The number of nitrogens with zero attached hydrogens (tertiary/aromatic N) is 2. The number of aliphatic hydroxyl groups excluding tert-OH is 1. The molecule has 3 heterocycles. The van der Waals surface area contributed by atoms with Crippen molar-refractivity contribution in [2.24, 2.45) is 0 Å². The second kappa shape index (κ2) is 15.2. The van der Waals surface area contributed by atoms with Crippen molar-refractivity contribution in [3.05, 3.63) is 81.5 Å². The normalized spacial score (nSPS) is 15.1. The molecule has 5 rings (SSSR count). The molecule has 46 heavy (non-hydrogen) atoms. The molecule has 0 aliphatic carbocycles. The van der Waals surface area contributed by atoms with Gasteiger partial charge in [-0.2, -0.15) is 0 Å². The molecule has 2 aromatic heterocycles. The fourth-order valence-corrected chi connectivity index (χ4v) is 6.32. The number of pyridine rings is 2. The number of aromatic nitrogens is 2. The van der Waals surface area contributed by atoms with Gasteiger partial charge in [0.2, 0.25) is 11.8 Å². The van der Waals surface area contributed by atoms with Crippen molar-refractivity contribution in [3.63, 3.8) is 0 Å². The Kier molecular flexibility index (Phi) is 11.1. The first-order valence-corrected chi connectivity index (χ1v) is 16.0. The SMILES string of the molecule is COc1cc(-c2nccc(-c3cccc(-c4ccc(CNC[C@H]5CCC(=O)N5)c(OC)n4)c3Cl)c2Cl)cc(C)c1CNCC(C)O. The Bertz CT molecular complexity index is 1720. The smallest absolute Gasteiger partial charge is 0.220 e. The van der Waals surface area contributed by atoms with Crippen molar-refractivity contribution in [2.45, 2.75) is 51.9 Å². The lowest BCUT2D eigenvalue weighted by Gasteiger charge is -2.17. The van der Waals surface area contributed by atoms with E-state index in [0.717, 1.165) is 45.4 Å². The number of methoxy groups -OCH3 is 2. The molecule has 2 aromatic carbocycles. The van der Waals surface area contributed by atoms with Crippen LogP contribution in [0.25, 0.3) is 33.6 Å². The Morgan fingerprint density at radius 3 is 2.52 bits per heavy atom. The molecule has 2 atom stereocenters. The van der Waals surface area contributed by atoms with Gasteiger partial charge in [0.25, 0.3) is 0 Å². The third-order valence-corrected chi connectivity index (χ3v) is 8.83. The van der Waals surface area contributed by atoms with Crippen LogP contribution in [-0.4, -0.2) is 60.4 Å². The lowest BCUT2D eigenvalue weighted by Crippen LogP contribution is -2.35. The number of ether oxygens (including phenoxy) is 2. The highest BCUT2D eigenvalue weighted by Gasteiger charge is 2.21. The maximum absolute atomic E-state index is 11.5. The number of carbonyl (C=O) groups is 1. The van der Waals surface area contributed by atoms with Crippen molar-refractivity contribution in [2.75, 3.05) is 27.3 Å². The van der Waals surface area contributed by atoms with Gasteiger partial charge >= 0.3 is 0 Å². The van der Waals surface area contributed by atoms with Crippen molar-refractivity contribution < 1.29 is 19.4 Å². The fourth-order valence-electron chi connectivity index (χ4n) is 5.67. The van der Waals surface area contributed by atoms with E-state index in [1.165, 1.54) is 0 Å². The van der Waals surface area contributed by atoms with E-state index >= 15 is 0 Å². The van der Waals surface area contributed by atoms with Crippen LogP contribution in [0.4, 0.5) is 0 Å². The lowest BCUT2D eigenvalue weighted by molar-refractivity contribution is -0.119. The minimum absolute atomic E-state index is 0.0986. The molecule has 1 aliphatic rings. The second-order valence-corrected chi connectivity index (χ2v) is 12.2. The van der Waals surface area contributed by atoms with Gasteiger partial charge in [-0.1, -0.05) is 47.5 Å². The Hall–Kier alpha value is -3.73. The summed E-state index contributed by atoms with van der Waals surface area (Å²) in [7, 11) is 3.23. The third kappa shape index (κ3) is 7.62. The number of benzene rings is 2. The minimum atomic E-state index is -0.444. The van der Waals surface area contributed by atoms with Gasteiger partial charge in [-0.3, -0.25) is 9.78 Å². The van der Waals surface area contributed by atoms with Gasteiger partial charge < -0.3 is 30.5 Å². The lowest BCUT2D eigenvalue weighted by atomic mass is 9.97. The summed E-state index contributed by atoms with van der Waals surface area (Å²) in [6.07, 6.45) is 2.68. The van der Waals surface area contributed by atoms with Crippen molar-refractivity contribution in [1.29, 1.82) is 0 Å². The van der Waals surface area contributed by atoms with Crippen LogP contribution in [0, 0.1) is 6.92 Å². The number of halogens is 2. The first kappa shape index (κ1) is 33.6. The molecule has 0 spiro atoms. The summed E-state index contributed by atoms with van der Waals surface area (Å²) in [5, 5.41) is 20.2. The molecule has 242 valence electrons. The predicted octanol–water partition coefficient (Wildman–Crippen LogP) is 5.95. The first-order valence-electron chi connectivity index (χ1n) is 15.2. The van der Waals surface area contributed by atoms with Crippen LogP contribution >= 0.6 is 23.2 Å².